The van der Waals surface area contributed by atoms with Crippen molar-refractivity contribution < 1.29 is 4.39 Å². The lowest BCUT2D eigenvalue weighted by atomic mass is 10.1. The minimum Gasteiger partial charge on any atom is -0.310 e. The largest absolute Gasteiger partial charge is 0.310 e. The molecule has 2 rings (SSSR count). The Kier molecular flexibility index (Phi) is 4.33. The highest BCUT2D eigenvalue weighted by Gasteiger charge is 2.10. The zero-order chi connectivity index (χ0) is 13.0. The van der Waals surface area contributed by atoms with E-state index >= 15 is 0 Å². The molecular weight excluding hydrogens is 251 g/mol. The third-order valence-electron chi connectivity index (χ3n) is 2.57. The summed E-state index contributed by atoms with van der Waals surface area (Å²) in [6, 6.07) is 5.40. The van der Waals surface area contributed by atoms with Crippen molar-refractivity contribution in [1.29, 1.82) is 0 Å². The quantitative estimate of drug-likeness (QED) is 0.873. The van der Waals surface area contributed by atoms with E-state index in [4.69, 9.17) is 0 Å². The first kappa shape index (κ1) is 13.0. The lowest BCUT2D eigenvalue weighted by Gasteiger charge is -2.13. The molecule has 0 radical (unpaired) electrons. The molecule has 0 aliphatic carbocycles. The molecule has 0 fully saturated rings. The molecule has 0 saturated heterocycles. The lowest BCUT2D eigenvalue weighted by molar-refractivity contribution is 0.572. The Morgan fingerprint density at radius 1 is 1.50 bits per heavy atom. The molecule has 0 saturated carbocycles. The predicted molar refractivity (Wildman–Crippen MR) is 69.0 cm³/mol. The topological polar surface area (TPSA) is 53.6 Å². The molecule has 0 bridgehead atoms. The predicted octanol–water partition coefficient (Wildman–Crippen LogP) is 2.77. The van der Waals surface area contributed by atoms with E-state index in [1.807, 2.05) is 19.9 Å². The van der Waals surface area contributed by atoms with E-state index in [1.165, 1.54) is 18.1 Å². The van der Waals surface area contributed by atoms with E-state index in [1.54, 1.807) is 12.1 Å². The van der Waals surface area contributed by atoms with Gasteiger partial charge in [0, 0.05) is 6.04 Å². The molecule has 1 aromatic heterocycles. The molecule has 1 aromatic carbocycles. The SMILES string of the molecule is CCNC(C)c1ccc(Sc2ncn[nH]2)c(F)c1. The second-order valence-corrected chi connectivity index (χ2v) is 4.89. The Hall–Kier alpha value is -1.40. The van der Waals surface area contributed by atoms with Gasteiger partial charge in [0.2, 0.25) is 0 Å². The van der Waals surface area contributed by atoms with Crippen LogP contribution in [0, 0.1) is 5.82 Å². The summed E-state index contributed by atoms with van der Waals surface area (Å²) in [6.07, 6.45) is 1.40. The molecule has 0 aliphatic heterocycles. The standard InChI is InChI=1S/C12H15FN4S/c1-3-14-8(2)9-4-5-11(10(13)6-9)18-12-15-7-16-17-12/h4-8,14H,3H2,1-2H3,(H,15,16,17). The molecule has 1 atom stereocenters. The maximum Gasteiger partial charge on any atom is 0.188 e. The first-order chi connectivity index (χ1) is 8.70. The Labute approximate surface area is 109 Å². The average molecular weight is 266 g/mol. The number of nitrogens with zero attached hydrogens (tertiary/aromatic N) is 2. The number of aromatic nitrogens is 3. The molecule has 0 aliphatic rings. The van der Waals surface area contributed by atoms with Crippen LogP contribution in [0.25, 0.3) is 0 Å². The Bertz CT molecular complexity index is 501. The van der Waals surface area contributed by atoms with Gasteiger partial charge in [-0.15, -0.1) is 0 Å². The number of hydrogen-bond donors (Lipinski definition) is 2. The molecule has 18 heavy (non-hydrogen) atoms. The minimum atomic E-state index is -0.237. The van der Waals surface area contributed by atoms with Crippen LogP contribution < -0.4 is 5.32 Å². The maximum absolute atomic E-state index is 13.9. The van der Waals surface area contributed by atoms with Crippen molar-refractivity contribution in [1.82, 2.24) is 20.5 Å². The zero-order valence-electron chi connectivity index (χ0n) is 10.3. The minimum absolute atomic E-state index is 0.147. The smallest absolute Gasteiger partial charge is 0.188 e. The maximum atomic E-state index is 13.9. The monoisotopic (exact) mass is 266 g/mol. The fourth-order valence-electron chi connectivity index (χ4n) is 1.64. The van der Waals surface area contributed by atoms with Crippen LogP contribution >= 0.6 is 11.8 Å². The van der Waals surface area contributed by atoms with Crippen molar-refractivity contribution in [2.24, 2.45) is 0 Å². The number of rotatable bonds is 5. The number of benzene rings is 1. The van der Waals surface area contributed by atoms with Crippen LogP contribution in [-0.4, -0.2) is 21.7 Å². The molecule has 1 unspecified atom stereocenters. The van der Waals surface area contributed by atoms with E-state index in [9.17, 15) is 4.39 Å². The van der Waals surface area contributed by atoms with Gasteiger partial charge in [0.1, 0.15) is 12.1 Å². The number of hydrogen-bond acceptors (Lipinski definition) is 4. The molecule has 6 heteroatoms. The number of H-pyrrole nitrogens is 1. The number of aromatic amines is 1. The van der Waals surface area contributed by atoms with Crippen LogP contribution in [0.15, 0.2) is 34.6 Å². The number of nitrogens with one attached hydrogen (secondary N) is 2. The van der Waals surface area contributed by atoms with Gasteiger partial charge < -0.3 is 5.32 Å². The second kappa shape index (κ2) is 5.97. The molecule has 4 nitrogen and oxygen atoms in total. The molecular formula is C12H15FN4S. The van der Waals surface area contributed by atoms with Gasteiger partial charge in [-0.25, -0.2) is 9.37 Å². The van der Waals surface area contributed by atoms with Gasteiger partial charge in [0.05, 0.1) is 4.90 Å². The molecule has 2 N–H and O–H groups in total. The van der Waals surface area contributed by atoms with Gasteiger partial charge >= 0.3 is 0 Å². The summed E-state index contributed by atoms with van der Waals surface area (Å²) in [7, 11) is 0. The molecule has 96 valence electrons. The normalized spacial score (nSPS) is 12.6. The third kappa shape index (κ3) is 3.08. The summed E-state index contributed by atoms with van der Waals surface area (Å²) < 4.78 is 13.9. The fraction of sp³-hybridized carbons (Fsp3) is 0.333. The highest BCUT2D eigenvalue weighted by atomic mass is 32.2. The van der Waals surface area contributed by atoms with Crippen molar-refractivity contribution in [3.8, 4) is 0 Å². The summed E-state index contributed by atoms with van der Waals surface area (Å²) >= 11 is 1.23. The van der Waals surface area contributed by atoms with Crippen molar-refractivity contribution in [2.75, 3.05) is 6.54 Å². The first-order valence-corrected chi connectivity index (χ1v) is 6.58. The van der Waals surface area contributed by atoms with E-state index in [-0.39, 0.29) is 11.9 Å². The molecule has 0 amide bonds. The van der Waals surface area contributed by atoms with Crippen LogP contribution in [0.4, 0.5) is 4.39 Å². The van der Waals surface area contributed by atoms with Crippen molar-refractivity contribution >= 4 is 11.8 Å². The Balaban J connectivity index is 2.14. The summed E-state index contributed by atoms with van der Waals surface area (Å²) in [5.74, 6) is -0.237. The van der Waals surface area contributed by atoms with E-state index in [2.05, 4.69) is 20.5 Å². The van der Waals surface area contributed by atoms with Gasteiger partial charge in [0.25, 0.3) is 0 Å². The van der Waals surface area contributed by atoms with Crippen molar-refractivity contribution in [3.05, 3.63) is 35.9 Å². The van der Waals surface area contributed by atoms with Crippen molar-refractivity contribution in [3.63, 3.8) is 0 Å². The van der Waals surface area contributed by atoms with Crippen LogP contribution in [0.5, 0.6) is 0 Å². The summed E-state index contributed by atoms with van der Waals surface area (Å²) in [5, 5.41) is 10.3. The van der Waals surface area contributed by atoms with E-state index in [0.29, 0.717) is 10.1 Å². The number of halogens is 1. The molecule has 0 spiro atoms. The summed E-state index contributed by atoms with van der Waals surface area (Å²) in [4.78, 5) is 4.50. The lowest BCUT2D eigenvalue weighted by Crippen LogP contribution is -2.17. The highest BCUT2D eigenvalue weighted by Crippen LogP contribution is 2.28. The fourth-order valence-corrected chi connectivity index (χ4v) is 2.34. The molecule has 1 heterocycles. The van der Waals surface area contributed by atoms with E-state index in [0.717, 1.165) is 12.1 Å². The van der Waals surface area contributed by atoms with Crippen LogP contribution in [0.2, 0.25) is 0 Å². The highest BCUT2D eigenvalue weighted by molar-refractivity contribution is 7.99. The van der Waals surface area contributed by atoms with Crippen molar-refractivity contribution in [2.45, 2.75) is 29.9 Å². The first-order valence-electron chi connectivity index (χ1n) is 5.76. The average Bonchev–Trinajstić information content (AvgIpc) is 2.85. The van der Waals surface area contributed by atoms with Gasteiger partial charge in [-0.1, -0.05) is 13.0 Å². The Morgan fingerprint density at radius 3 is 2.94 bits per heavy atom. The van der Waals surface area contributed by atoms with Gasteiger partial charge in [-0.05, 0) is 42.9 Å². The van der Waals surface area contributed by atoms with Gasteiger partial charge in [0.15, 0.2) is 5.16 Å². The molecule has 2 aromatic rings. The van der Waals surface area contributed by atoms with E-state index < -0.39 is 0 Å². The zero-order valence-corrected chi connectivity index (χ0v) is 11.1. The van der Waals surface area contributed by atoms with Crippen LogP contribution in [0.3, 0.4) is 0 Å². The van der Waals surface area contributed by atoms with Crippen LogP contribution in [0.1, 0.15) is 25.5 Å². The van der Waals surface area contributed by atoms with Gasteiger partial charge in [-0.2, -0.15) is 5.10 Å². The Morgan fingerprint density at radius 2 is 2.33 bits per heavy atom. The van der Waals surface area contributed by atoms with Crippen LogP contribution in [-0.2, 0) is 0 Å². The summed E-state index contributed by atoms with van der Waals surface area (Å²) in [5.41, 5.74) is 0.941. The third-order valence-corrected chi connectivity index (χ3v) is 3.51. The summed E-state index contributed by atoms with van der Waals surface area (Å²) in [6.45, 7) is 4.90. The second-order valence-electron chi connectivity index (χ2n) is 3.86. The van der Waals surface area contributed by atoms with Gasteiger partial charge in [-0.3, -0.25) is 5.10 Å².